The van der Waals surface area contributed by atoms with Crippen molar-refractivity contribution in [3.05, 3.63) is 6.33 Å². The van der Waals surface area contributed by atoms with E-state index in [-0.39, 0.29) is 17.6 Å². The Hall–Kier alpha value is -1.11. The summed E-state index contributed by atoms with van der Waals surface area (Å²) in [7, 11) is -2.93. The van der Waals surface area contributed by atoms with E-state index < -0.39 is 9.84 Å². The van der Waals surface area contributed by atoms with Crippen molar-refractivity contribution in [3.63, 3.8) is 0 Å². The maximum absolute atomic E-state index is 11.0. The van der Waals surface area contributed by atoms with Crippen LogP contribution < -0.4 is 5.73 Å². The van der Waals surface area contributed by atoms with Gasteiger partial charge in [0.05, 0.1) is 5.75 Å². The molecule has 14 heavy (non-hydrogen) atoms. The molecule has 0 fully saturated rings. The predicted octanol–water partition coefficient (Wildman–Crippen LogP) is -0.459. The van der Waals surface area contributed by atoms with E-state index in [1.54, 1.807) is 4.68 Å². The first-order chi connectivity index (χ1) is 6.37. The molecule has 0 aliphatic heterocycles. The summed E-state index contributed by atoms with van der Waals surface area (Å²) >= 11 is 0. The number of nitrogens with two attached hydrogens (primary N) is 1. The third-order valence-electron chi connectivity index (χ3n) is 1.64. The van der Waals surface area contributed by atoms with Gasteiger partial charge in [-0.1, -0.05) is 6.92 Å². The summed E-state index contributed by atoms with van der Waals surface area (Å²) in [5.41, 5.74) is 5.32. The summed E-state index contributed by atoms with van der Waals surface area (Å²) in [4.78, 5) is 3.75. The molecule has 1 atom stereocenters. The van der Waals surface area contributed by atoms with Crippen molar-refractivity contribution in [1.29, 1.82) is 0 Å². The van der Waals surface area contributed by atoms with Gasteiger partial charge in [-0.05, 0) is 5.92 Å². The Bertz CT molecular complexity index is 398. The maximum atomic E-state index is 11.0. The summed E-state index contributed by atoms with van der Waals surface area (Å²) in [6.07, 6.45) is 2.72. The molecule has 1 heterocycles. The van der Waals surface area contributed by atoms with Gasteiger partial charge < -0.3 is 5.73 Å². The summed E-state index contributed by atoms with van der Waals surface area (Å²) in [6.45, 7) is 2.36. The van der Waals surface area contributed by atoms with Crippen molar-refractivity contribution in [2.75, 3.05) is 17.7 Å². The monoisotopic (exact) mass is 218 g/mol. The van der Waals surface area contributed by atoms with E-state index >= 15 is 0 Å². The van der Waals surface area contributed by atoms with Crippen LogP contribution in [0.25, 0.3) is 0 Å². The Balaban J connectivity index is 2.53. The molecule has 0 radical (unpaired) electrons. The lowest BCUT2D eigenvalue weighted by Gasteiger charge is -2.08. The second kappa shape index (κ2) is 3.95. The molecule has 0 saturated heterocycles. The molecule has 2 N–H and O–H groups in total. The van der Waals surface area contributed by atoms with Gasteiger partial charge in [0.15, 0.2) is 0 Å². The minimum atomic E-state index is -2.93. The number of anilines is 1. The van der Waals surface area contributed by atoms with Gasteiger partial charge in [0.2, 0.25) is 5.95 Å². The Morgan fingerprint density at radius 3 is 2.71 bits per heavy atom. The van der Waals surface area contributed by atoms with E-state index in [9.17, 15) is 8.42 Å². The summed E-state index contributed by atoms with van der Waals surface area (Å²) in [6, 6.07) is 0. The minimum Gasteiger partial charge on any atom is -0.367 e. The number of hydrogen-bond donors (Lipinski definition) is 1. The Morgan fingerprint density at radius 2 is 2.29 bits per heavy atom. The third-order valence-corrected chi connectivity index (χ3v) is 2.81. The van der Waals surface area contributed by atoms with Gasteiger partial charge in [-0.25, -0.2) is 13.4 Å². The van der Waals surface area contributed by atoms with Crippen LogP contribution in [0.2, 0.25) is 0 Å². The standard InChI is InChI=1S/C7H14N4O2S/c1-6(4-14(2,12)13)3-11-5-9-7(8)10-11/h5-6H,3-4H2,1-2H3,(H2,8,10). The molecular weight excluding hydrogens is 204 g/mol. The van der Waals surface area contributed by atoms with E-state index in [0.717, 1.165) is 0 Å². The first-order valence-electron chi connectivity index (χ1n) is 4.19. The maximum Gasteiger partial charge on any atom is 0.239 e. The highest BCUT2D eigenvalue weighted by atomic mass is 32.2. The highest BCUT2D eigenvalue weighted by molar-refractivity contribution is 7.90. The van der Waals surface area contributed by atoms with E-state index in [1.165, 1.54) is 12.6 Å². The lowest BCUT2D eigenvalue weighted by atomic mass is 10.2. The molecular formula is C7H14N4O2S. The molecule has 0 saturated carbocycles. The fraction of sp³-hybridized carbons (Fsp3) is 0.714. The van der Waals surface area contributed by atoms with Crippen molar-refractivity contribution in [1.82, 2.24) is 14.8 Å². The first-order valence-corrected chi connectivity index (χ1v) is 6.25. The number of aromatic nitrogens is 3. The quantitative estimate of drug-likeness (QED) is 0.738. The van der Waals surface area contributed by atoms with Crippen molar-refractivity contribution in [2.24, 2.45) is 5.92 Å². The fourth-order valence-corrected chi connectivity index (χ4v) is 2.42. The Kier molecular flexibility index (Phi) is 3.10. The average Bonchev–Trinajstić information content (AvgIpc) is 2.30. The SMILES string of the molecule is CC(Cn1cnc(N)n1)CS(C)(=O)=O. The molecule has 0 aliphatic carbocycles. The van der Waals surface area contributed by atoms with E-state index in [2.05, 4.69) is 10.1 Å². The van der Waals surface area contributed by atoms with Gasteiger partial charge in [-0.2, -0.15) is 0 Å². The van der Waals surface area contributed by atoms with Crippen LogP contribution in [-0.2, 0) is 16.4 Å². The lowest BCUT2D eigenvalue weighted by Crippen LogP contribution is -2.17. The van der Waals surface area contributed by atoms with Crippen LogP contribution in [-0.4, -0.2) is 35.2 Å². The Labute approximate surface area is 83.0 Å². The molecule has 0 spiro atoms. The van der Waals surface area contributed by atoms with Gasteiger partial charge in [-0.15, -0.1) is 5.10 Å². The van der Waals surface area contributed by atoms with Gasteiger partial charge in [0, 0.05) is 12.8 Å². The van der Waals surface area contributed by atoms with E-state index in [1.807, 2.05) is 6.92 Å². The predicted molar refractivity (Wildman–Crippen MR) is 53.3 cm³/mol. The molecule has 0 aromatic carbocycles. The zero-order valence-corrected chi connectivity index (χ0v) is 9.03. The number of sulfone groups is 1. The number of rotatable bonds is 4. The zero-order valence-electron chi connectivity index (χ0n) is 8.21. The topological polar surface area (TPSA) is 90.9 Å². The summed E-state index contributed by atoms with van der Waals surface area (Å²) in [5.74, 6) is 0.356. The van der Waals surface area contributed by atoms with Gasteiger partial charge in [0.1, 0.15) is 16.2 Å². The van der Waals surface area contributed by atoms with Gasteiger partial charge in [0.25, 0.3) is 0 Å². The molecule has 1 aromatic heterocycles. The highest BCUT2D eigenvalue weighted by Crippen LogP contribution is 2.03. The van der Waals surface area contributed by atoms with Crippen molar-refractivity contribution >= 4 is 15.8 Å². The minimum absolute atomic E-state index is 0.00565. The third kappa shape index (κ3) is 3.73. The number of nitrogen functional groups attached to an aromatic ring is 1. The molecule has 80 valence electrons. The molecule has 0 amide bonds. The van der Waals surface area contributed by atoms with Crippen LogP contribution in [0.4, 0.5) is 5.95 Å². The van der Waals surface area contributed by atoms with Crippen LogP contribution in [0.1, 0.15) is 6.92 Å². The second-order valence-corrected chi connectivity index (χ2v) is 5.71. The van der Waals surface area contributed by atoms with Crippen LogP contribution >= 0.6 is 0 Å². The number of nitrogens with zero attached hydrogens (tertiary/aromatic N) is 3. The summed E-state index contributed by atoms with van der Waals surface area (Å²) < 4.78 is 23.5. The zero-order chi connectivity index (χ0) is 10.8. The van der Waals surface area contributed by atoms with Crippen molar-refractivity contribution in [2.45, 2.75) is 13.5 Å². The second-order valence-electron chi connectivity index (χ2n) is 3.52. The lowest BCUT2D eigenvalue weighted by molar-refractivity contribution is 0.478. The van der Waals surface area contributed by atoms with Gasteiger partial charge >= 0.3 is 0 Å². The molecule has 6 nitrogen and oxygen atoms in total. The molecule has 1 rings (SSSR count). The smallest absolute Gasteiger partial charge is 0.239 e. The summed E-state index contributed by atoms with van der Waals surface area (Å²) in [5, 5.41) is 3.87. The first kappa shape index (κ1) is 11.0. The van der Waals surface area contributed by atoms with E-state index in [0.29, 0.717) is 6.54 Å². The number of hydrogen-bond acceptors (Lipinski definition) is 5. The normalized spacial score (nSPS) is 14.1. The molecule has 1 aromatic rings. The largest absolute Gasteiger partial charge is 0.367 e. The van der Waals surface area contributed by atoms with Gasteiger partial charge in [-0.3, -0.25) is 4.68 Å². The van der Waals surface area contributed by atoms with E-state index in [4.69, 9.17) is 5.73 Å². The van der Waals surface area contributed by atoms with Crippen LogP contribution in [0.15, 0.2) is 6.33 Å². The molecule has 7 heteroatoms. The molecule has 0 bridgehead atoms. The Morgan fingerprint density at radius 1 is 1.64 bits per heavy atom. The van der Waals surface area contributed by atoms with Crippen molar-refractivity contribution < 1.29 is 8.42 Å². The van der Waals surface area contributed by atoms with Crippen LogP contribution in [0.3, 0.4) is 0 Å². The van der Waals surface area contributed by atoms with Crippen LogP contribution in [0, 0.1) is 5.92 Å². The van der Waals surface area contributed by atoms with Crippen LogP contribution in [0.5, 0.6) is 0 Å². The highest BCUT2D eigenvalue weighted by Gasteiger charge is 2.11. The average molecular weight is 218 g/mol. The van der Waals surface area contributed by atoms with Crippen molar-refractivity contribution in [3.8, 4) is 0 Å². The molecule has 0 aliphatic rings. The fourth-order valence-electron chi connectivity index (χ4n) is 1.29. The molecule has 1 unspecified atom stereocenters.